The zero-order valence-electron chi connectivity index (χ0n) is 16.9. The molecule has 1 saturated carbocycles. The van der Waals surface area contributed by atoms with E-state index in [9.17, 15) is 9.59 Å². The van der Waals surface area contributed by atoms with E-state index >= 15 is 0 Å². The number of rotatable bonds is 6. The third kappa shape index (κ3) is 4.67. The molecule has 4 rings (SSSR count). The Kier molecular flexibility index (Phi) is 6.55. The summed E-state index contributed by atoms with van der Waals surface area (Å²) < 4.78 is 12.4. The quantitative estimate of drug-likeness (QED) is 0.402. The van der Waals surface area contributed by atoms with Gasteiger partial charge in [-0.05, 0) is 49.8 Å². The normalized spacial score (nSPS) is 20.2. The molecule has 29 heavy (non-hydrogen) atoms. The lowest BCUT2D eigenvalue weighted by Gasteiger charge is -2.22. The first-order valence-electron chi connectivity index (χ1n) is 10.5. The van der Waals surface area contributed by atoms with E-state index in [1.54, 1.807) is 34.5 Å². The van der Waals surface area contributed by atoms with Crippen LogP contribution < -0.4 is 5.56 Å². The summed E-state index contributed by atoms with van der Waals surface area (Å²) in [6.07, 6.45) is 8.49. The third-order valence-electron chi connectivity index (χ3n) is 5.92. The molecule has 0 spiro atoms. The lowest BCUT2D eigenvalue weighted by Crippen LogP contribution is -2.29. The minimum absolute atomic E-state index is 0.0620. The maximum absolute atomic E-state index is 13.3. The Morgan fingerprint density at radius 2 is 2.07 bits per heavy atom. The average molecular weight is 417 g/mol. The summed E-state index contributed by atoms with van der Waals surface area (Å²) in [6.45, 7) is 1.29. The predicted molar refractivity (Wildman–Crippen MR) is 114 cm³/mol. The molecule has 6 nitrogen and oxygen atoms in total. The van der Waals surface area contributed by atoms with Gasteiger partial charge in [-0.1, -0.05) is 31.0 Å². The van der Waals surface area contributed by atoms with Crippen molar-refractivity contribution in [1.29, 1.82) is 0 Å². The van der Waals surface area contributed by atoms with Gasteiger partial charge in [0.15, 0.2) is 5.16 Å². The van der Waals surface area contributed by atoms with Crippen LogP contribution in [-0.2, 0) is 16.0 Å². The fraction of sp³-hybridized carbons (Fsp3) is 0.591. The van der Waals surface area contributed by atoms with Crippen molar-refractivity contribution in [2.24, 2.45) is 5.92 Å². The van der Waals surface area contributed by atoms with Crippen LogP contribution in [0, 0.1) is 5.92 Å². The largest absolute Gasteiger partial charge is 0.465 e. The highest BCUT2D eigenvalue weighted by Gasteiger charge is 2.22. The molecule has 2 fully saturated rings. The van der Waals surface area contributed by atoms with Crippen LogP contribution >= 0.6 is 11.8 Å². The van der Waals surface area contributed by atoms with Crippen LogP contribution in [0.4, 0.5) is 0 Å². The van der Waals surface area contributed by atoms with E-state index in [1.165, 1.54) is 39.2 Å². The van der Waals surface area contributed by atoms with Crippen molar-refractivity contribution in [3.63, 3.8) is 0 Å². The maximum atomic E-state index is 13.3. The zero-order chi connectivity index (χ0) is 20.2. The van der Waals surface area contributed by atoms with Crippen molar-refractivity contribution in [3.8, 4) is 0 Å². The van der Waals surface area contributed by atoms with E-state index < -0.39 is 5.97 Å². The van der Waals surface area contributed by atoms with Crippen molar-refractivity contribution in [3.05, 3.63) is 34.1 Å². The second kappa shape index (κ2) is 9.30. The lowest BCUT2D eigenvalue weighted by molar-refractivity contribution is 0.0601. The van der Waals surface area contributed by atoms with Crippen molar-refractivity contribution < 1.29 is 14.3 Å². The standard InChI is InChI=1S/C22H28N2O4S/c1-27-21(26)16-9-10-18-19(12-16)23-22(29-14-15-6-3-2-4-7-15)24(20(18)25)13-17-8-5-11-28-17/h9-10,12,15,17H,2-8,11,13-14H2,1H3/t17-/m1/s1. The summed E-state index contributed by atoms with van der Waals surface area (Å²) in [5.41, 5.74) is 0.896. The molecule has 1 saturated heterocycles. The molecule has 2 aromatic rings. The number of nitrogens with zero attached hydrogens (tertiary/aromatic N) is 2. The van der Waals surface area contributed by atoms with Gasteiger partial charge in [-0.3, -0.25) is 9.36 Å². The molecule has 1 aliphatic carbocycles. The van der Waals surface area contributed by atoms with Crippen molar-refractivity contribution in [1.82, 2.24) is 9.55 Å². The molecule has 156 valence electrons. The van der Waals surface area contributed by atoms with E-state index in [4.69, 9.17) is 14.5 Å². The number of hydrogen-bond donors (Lipinski definition) is 0. The van der Waals surface area contributed by atoms with Gasteiger partial charge in [0.25, 0.3) is 5.56 Å². The molecule has 1 aromatic heterocycles. The first-order chi connectivity index (χ1) is 14.2. The second-order valence-corrected chi connectivity index (χ2v) is 8.97. The van der Waals surface area contributed by atoms with Gasteiger partial charge in [0.1, 0.15) is 0 Å². The Morgan fingerprint density at radius 1 is 1.24 bits per heavy atom. The van der Waals surface area contributed by atoms with Crippen molar-refractivity contribution in [2.45, 2.75) is 62.8 Å². The Balaban J connectivity index is 1.68. The number of carbonyl (C=O) groups is 1. The van der Waals surface area contributed by atoms with Crippen LogP contribution in [0.3, 0.4) is 0 Å². The molecule has 2 aliphatic rings. The van der Waals surface area contributed by atoms with Crippen LogP contribution in [0.2, 0.25) is 0 Å². The average Bonchev–Trinajstić information content (AvgIpc) is 3.27. The number of aromatic nitrogens is 2. The smallest absolute Gasteiger partial charge is 0.337 e. The fourth-order valence-corrected chi connectivity index (χ4v) is 5.45. The van der Waals surface area contributed by atoms with E-state index in [-0.39, 0.29) is 11.7 Å². The van der Waals surface area contributed by atoms with Crippen molar-refractivity contribution >= 4 is 28.6 Å². The third-order valence-corrected chi connectivity index (χ3v) is 7.13. The van der Waals surface area contributed by atoms with Crippen molar-refractivity contribution in [2.75, 3.05) is 19.5 Å². The Morgan fingerprint density at radius 3 is 2.79 bits per heavy atom. The molecular weight excluding hydrogens is 388 g/mol. The monoisotopic (exact) mass is 416 g/mol. The summed E-state index contributed by atoms with van der Waals surface area (Å²) in [6, 6.07) is 4.96. The molecule has 0 bridgehead atoms. The van der Waals surface area contributed by atoms with E-state index in [1.807, 2.05) is 0 Å². The number of benzene rings is 1. The van der Waals surface area contributed by atoms with Crippen LogP contribution in [0.5, 0.6) is 0 Å². The number of ether oxygens (including phenoxy) is 2. The second-order valence-electron chi connectivity index (χ2n) is 7.98. The minimum Gasteiger partial charge on any atom is -0.465 e. The Hall–Kier alpha value is -1.86. The van der Waals surface area contributed by atoms with Gasteiger partial charge in [-0.15, -0.1) is 0 Å². The highest BCUT2D eigenvalue weighted by molar-refractivity contribution is 7.99. The summed E-state index contributed by atoms with van der Waals surface area (Å²) in [4.78, 5) is 30.0. The first-order valence-corrected chi connectivity index (χ1v) is 11.5. The molecule has 0 amide bonds. The van der Waals surface area contributed by atoms with Gasteiger partial charge in [0.05, 0.1) is 36.2 Å². The number of thioether (sulfide) groups is 1. The molecule has 2 heterocycles. The van der Waals surface area contributed by atoms with Crippen LogP contribution in [0.1, 0.15) is 55.3 Å². The van der Waals surface area contributed by atoms with Crippen LogP contribution in [-0.4, -0.2) is 41.1 Å². The summed E-state index contributed by atoms with van der Waals surface area (Å²) in [5.74, 6) is 1.23. The number of hydrogen-bond acceptors (Lipinski definition) is 6. The topological polar surface area (TPSA) is 70.4 Å². The summed E-state index contributed by atoms with van der Waals surface area (Å²) >= 11 is 1.67. The Bertz CT molecular complexity index is 930. The van der Waals surface area contributed by atoms with Gasteiger partial charge in [0.2, 0.25) is 0 Å². The molecule has 0 N–H and O–H groups in total. The summed E-state index contributed by atoms with van der Waals surface area (Å²) in [5, 5.41) is 1.25. The molecule has 1 aromatic carbocycles. The molecule has 1 aliphatic heterocycles. The molecule has 0 radical (unpaired) electrons. The maximum Gasteiger partial charge on any atom is 0.337 e. The van der Waals surface area contributed by atoms with Gasteiger partial charge in [-0.25, -0.2) is 9.78 Å². The number of esters is 1. The molecular formula is C22H28N2O4S. The molecule has 7 heteroatoms. The molecule has 1 atom stereocenters. The van der Waals surface area contributed by atoms with Crippen LogP contribution in [0.15, 0.2) is 28.2 Å². The van der Waals surface area contributed by atoms with Gasteiger partial charge >= 0.3 is 5.97 Å². The lowest BCUT2D eigenvalue weighted by atomic mass is 9.91. The number of fused-ring (bicyclic) bond motifs is 1. The predicted octanol–water partition coefficient (Wildman–Crippen LogP) is 4.03. The Labute approximate surface area is 175 Å². The van der Waals surface area contributed by atoms with E-state index in [2.05, 4.69) is 0 Å². The summed E-state index contributed by atoms with van der Waals surface area (Å²) in [7, 11) is 1.35. The highest BCUT2D eigenvalue weighted by atomic mass is 32.2. The fourth-order valence-electron chi connectivity index (χ4n) is 4.25. The van der Waals surface area contributed by atoms with E-state index in [0.29, 0.717) is 28.9 Å². The van der Waals surface area contributed by atoms with E-state index in [0.717, 1.165) is 30.4 Å². The number of methoxy groups -OCH3 is 1. The first kappa shape index (κ1) is 20.4. The van der Waals surface area contributed by atoms with Gasteiger partial charge in [-0.2, -0.15) is 0 Å². The van der Waals surface area contributed by atoms with Crippen LogP contribution in [0.25, 0.3) is 10.9 Å². The van der Waals surface area contributed by atoms with Gasteiger partial charge in [0, 0.05) is 12.4 Å². The zero-order valence-corrected chi connectivity index (χ0v) is 17.7. The number of carbonyl (C=O) groups excluding carboxylic acids is 1. The molecule has 0 unspecified atom stereocenters. The minimum atomic E-state index is -0.423. The van der Waals surface area contributed by atoms with Gasteiger partial charge < -0.3 is 9.47 Å². The SMILES string of the molecule is COC(=O)c1ccc2c(=O)n(C[C@H]3CCCO3)c(SCC3CCCCC3)nc2c1. The highest BCUT2D eigenvalue weighted by Crippen LogP contribution is 2.30.